The molecular weight excluding hydrogens is 376 g/mol. The van der Waals surface area contributed by atoms with Crippen LogP contribution in [0.25, 0.3) is 0 Å². The second-order valence-corrected chi connectivity index (χ2v) is 8.35. The lowest BCUT2D eigenvalue weighted by Crippen LogP contribution is -2.41. The average molecular weight is 411 g/mol. The molecule has 0 amide bonds. The van der Waals surface area contributed by atoms with E-state index in [4.69, 9.17) is 14.1 Å². The van der Waals surface area contributed by atoms with E-state index in [2.05, 4.69) is 27.2 Å². The van der Waals surface area contributed by atoms with E-state index in [1.807, 2.05) is 24.3 Å². The molecule has 2 aliphatic heterocycles. The molecule has 1 unspecified atom stereocenters. The van der Waals surface area contributed by atoms with Crippen molar-refractivity contribution >= 4 is 5.96 Å². The Morgan fingerprint density at radius 2 is 2.00 bits per heavy atom. The maximum Gasteiger partial charge on any atom is 0.194 e. The van der Waals surface area contributed by atoms with Gasteiger partial charge in [0.1, 0.15) is 11.5 Å². The van der Waals surface area contributed by atoms with Crippen LogP contribution in [0, 0.1) is 5.92 Å². The third-order valence-electron chi connectivity index (χ3n) is 6.11. The summed E-state index contributed by atoms with van der Waals surface area (Å²) in [7, 11) is 1.69. The van der Waals surface area contributed by atoms with Crippen molar-refractivity contribution in [1.29, 1.82) is 0 Å². The fourth-order valence-corrected chi connectivity index (χ4v) is 4.42. The molecule has 30 heavy (non-hydrogen) atoms. The van der Waals surface area contributed by atoms with Gasteiger partial charge in [-0.3, -0.25) is 0 Å². The number of ether oxygens (including phenoxy) is 1. The topological polar surface area (TPSA) is 53.2 Å². The van der Waals surface area contributed by atoms with Crippen LogP contribution in [0.5, 0.6) is 5.75 Å². The standard InChI is InChI=1S/C24H34N4O2/c1-29-22-8-6-20(7-9-22)17-26-24(25-12-10-23-5-4-16-30-23)28-15-11-21(19-28)18-27-13-2-3-14-27/h4-9,16,21H,2-3,10-15,17-19H2,1H3,(H,25,26). The highest BCUT2D eigenvalue weighted by molar-refractivity contribution is 5.80. The van der Waals surface area contributed by atoms with Crippen LogP contribution in [0.1, 0.15) is 30.6 Å². The lowest BCUT2D eigenvalue weighted by atomic mass is 10.1. The predicted molar refractivity (Wildman–Crippen MR) is 120 cm³/mol. The maximum absolute atomic E-state index is 5.47. The Morgan fingerprint density at radius 3 is 2.73 bits per heavy atom. The second-order valence-electron chi connectivity index (χ2n) is 8.35. The molecule has 1 atom stereocenters. The van der Waals surface area contributed by atoms with E-state index >= 15 is 0 Å². The zero-order chi connectivity index (χ0) is 20.6. The van der Waals surface area contributed by atoms with Crippen molar-refractivity contribution in [2.45, 2.75) is 32.2 Å². The fraction of sp³-hybridized carbons (Fsp3) is 0.542. The summed E-state index contributed by atoms with van der Waals surface area (Å²) in [5.74, 6) is 3.64. The van der Waals surface area contributed by atoms with Crippen molar-refractivity contribution in [3.63, 3.8) is 0 Å². The minimum atomic E-state index is 0.667. The van der Waals surface area contributed by atoms with E-state index in [1.165, 1.54) is 44.5 Å². The largest absolute Gasteiger partial charge is 0.497 e. The van der Waals surface area contributed by atoms with Gasteiger partial charge in [-0.25, -0.2) is 4.99 Å². The van der Waals surface area contributed by atoms with E-state index < -0.39 is 0 Å². The van der Waals surface area contributed by atoms with Gasteiger partial charge in [0.05, 0.1) is 19.9 Å². The minimum Gasteiger partial charge on any atom is -0.497 e. The van der Waals surface area contributed by atoms with Gasteiger partial charge in [0.15, 0.2) is 5.96 Å². The first kappa shape index (κ1) is 20.8. The van der Waals surface area contributed by atoms with Crippen LogP contribution in [0.3, 0.4) is 0 Å². The highest BCUT2D eigenvalue weighted by Gasteiger charge is 2.27. The Kier molecular flexibility index (Phi) is 7.29. The lowest BCUT2D eigenvalue weighted by Gasteiger charge is -2.23. The predicted octanol–water partition coefficient (Wildman–Crippen LogP) is 3.39. The third kappa shape index (κ3) is 5.79. The smallest absolute Gasteiger partial charge is 0.194 e. The number of furan rings is 1. The number of methoxy groups -OCH3 is 1. The molecule has 2 saturated heterocycles. The Hall–Kier alpha value is -2.47. The number of aliphatic imine (C=N–C) groups is 1. The first-order chi connectivity index (χ1) is 14.8. The molecule has 1 N–H and O–H groups in total. The van der Waals surface area contributed by atoms with Gasteiger partial charge < -0.3 is 24.3 Å². The molecule has 6 nitrogen and oxygen atoms in total. The summed E-state index contributed by atoms with van der Waals surface area (Å²) in [6.45, 7) is 7.43. The summed E-state index contributed by atoms with van der Waals surface area (Å²) < 4.78 is 10.7. The van der Waals surface area contributed by atoms with Crippen LogP contribution in [0.15, 0.2) is 52.1 Å². The molecule has 0 saturated carbocycles. The molecule has 0 bridgehead atoms. The average Bonchev–Trinajstić information content (AvgIpc) is 3.55. The van der Waals surface area contributed by atoms with E-state index in [9.17, 15) is 0 Å². The summed E-state index contributed by atoms with van der Waals surface area (Å²) in [6, 6.07) is 12.1. The zero-order valence-corrected chi connectivity index (χ0v) is 18.1. The van der Waals surface area contributed by atoms with Crippen molar-refractivity contribution in [2.24, 2.45) is 10.9 Å². The van der Waals surface area contributed by atoms with E-state index in [-0.39, 0.29) is 0 Å². The van der Waals surface area contributed by atoms with Crippen molar-refractivity contribution in [3.8, 4) is 5.75 Å². The summed E-state index contributed by atoms with van der Waals surface area (Å²) in [5, 5.41) is 3.58. The molecule has 6 heteroatoms. The highest BCUT2D eigenvalue weighted by atomic mass is 16.5. The first-order valence-corrected chi connectivity index (χ1v) is 11.2. The second kappa shape index (κ2) is 10.5. The number of rotatable bonds is 8. The van der Waals surface area contributed by atoms with Gasteiger partial charge >= 0.3 is 0 Å². The number of nitrogens with one attached hydrogen (secondary N) is 1. The maximum atomic E-state index is 5.47. The van der Waals surface area contributed by atoms with Crippen LogP contribution in [-0.2, 0) is 13.0 Å². The Bertz CT molecular complexity index is 782. The number of benzene rings is 1. The van der Waals surface area contributed by atoms with Gasteiger partial charge in [0.25, 0.3) is 0 Å². The summed E-state index contributed by atoms with van der Waals surface area (Å²) in [5.41, 5.74) is 1.19. The number of hydrogen-bond acceptors (Lipinski definition) is 4. The van der Waals surface area contributed by atoms with Crippen LogP contribution in [-0.4, -0.2) is 62.1 Å². The summed E-state index contributed by atoms with van der Waals surface area (Å²) in [4.78, 5) is 10.0. The van der Waals surface area contributed by atoms with Crippen LogP contribution in [0.4, 0.5) is 0 Å². The summed E-state index contributed by atoms with van der Waals surface area (Å²) >= 11 is 0. The number of likely N-dealkylation sites (tertiary alicyclic amines) is 2. The highest BCUT2D eigenvalue weighted by Crippen LogP contribution is 2.20. The normalized spacial score (nSPS) is 20.1. The minimum absolute atomic E-state index is 0.667. The Morgan fingerprint density at radius 1 is 1.17 bits per heavy atom. The molecule has 2 aliphatic rings. The number of hydrogen-bond donors (Lipinski definition) is 1. The van der Waals surface area contributed by atoms with Crippen molar-refractivity contribution in [2.75, 3.05) is 46.4 Å². The van der Waals surface area contributed by atoms with Crippen LogP contribution < -0.4 is 10.1 Å². The molecule has 1 aromatic heterocycles. The van der Waals surface area contributed by atoms with Gasteiger partial charge in [-0.05, 0) is 68.1 Å². The Labute approximate surface area is 179 Å². The fourth-order valence-electron chi connectivity index (χ4n) is 4.42. The van der Waals surface area contributed by atoms with Gasteiger partial charge in [-0.2, -0.15) is 0 Å². The van der Waals surface area contributed by atoms with Crippen molar-refractivity contribution in [3.05, 3.63) is 54.0 Å². The van der Waals surface area contributed by atoms with Gasteiger partial charge in [0, 0.05) is 32.6 Å². The molecule has 4 rings (SSSR count). The molecule has 0 radical (unpaired) electrons. The number of nitrogens with zero attached hydrogens (tertiary/aromatic N) is 3. The quantitative estimate of drug-likeness (QED) is 0.534. The molecule has 162 valence electrons. The molecule has 2 fully saturated rings. The van der Waals surface area contributed by atoms with E-state index in [0.717, 1.165) is 49.4 Å². The van der Waals surface area contributed by atoms with Crippen molar-refractivity contribution < 1.29 is 9.15 Å². The van der Waals surface area contributed by atoms with Crippen LogP contribution >= 0.6 is 0 Å². The molecule has 1 aromatic carbocycles. The monoisotopic (exact) mass is 410 g/mol. The van der Waals surface area contributed by atoms with Gasteiger partial charge in [-0.1, -0.05) is 12.1 Å². The van der Waals surface area contributed by atoms with E-state index in [1.54, 1.807) is 13.4 Å². The third-order valence-corrected chi connectivity index (χ3v) is 6.11. The van der Waals surface area contributed by atoms with E-state index in [0.29, 0.717) is 6.54 Å². The van der Waals surface area contributed by atoms with Gasteiger partial charge in [-0.15, -0.1) is 0 Å². The van der Waals surface area contributed by atoms with Crippen LogP contribution in [0.2, 0.25) is 0 Å². The Balaban J connectivity index is 1.36. The first-order valence-electron chi connectivity index (χ1n) is 11.2. The molecule has 2 aromatic rings. The zero-order valence-electron chi connectivity index (χ0n) is 18.1. The van der Waals surface area contributed by atoms with Crippen molar-refractivity contribution in [1.82, 2.24) is 15.1 Å². The number of guanidine groups is 1. The summed E-state index contributed by atoms with van der Waals surface area (Å²) in [6.07, 6.45) is 6.56. The molecule has 0 spiro atoms. The lowest BCUT2D eigenvalue weighted by molar-refractivity contribution is 0.281. The molecule has 0 aliphatic carbocycles. The SMILES string of the molecule is COc1ccc(CN=C(NCCc2ccco2)N2CCC(CN3CCCC3)C2)cc1. The molecular formula is C24H34N4O2. The molecule has 3 heterocycles. The van der Waals surface area contributed by atoms with Gasteiger partial charge in [0.2, 0.25) is 0 Å².